The van der Waals surface area contributed by atoms with E-state index in [9.17, 15) is 14.4 Å². The molecule has 8 nitrogen and oxygen atoms in total. The van der Waals surface area contributed by atoms with Crippen LogP contribution in [0.1, 0.15) is 55.8 Å². The van der Waals surface area contributed by atoms with E-state index in [0.717, 1.165) is 31.4 Å². The number of ether oxygens (including phenoxy) is 2. The maximum absolute atomic E-state index is 13.1. The summed E-state index contributed by atoms with van der Waals surface area (Å²) in [6.45, 7) is 2.75. The molecule has 2 aromatic rings. The lowest BCUT2D eigenvalue weighted by Crippen LogP contribution is -2.45. The summed E-state index contributed by atoms with van der Waals surface area (Å²) in [5.41, 5.74) is 1.61. The number of hydrogen-bond donors (Lipinski definition) is 1. The number of benzene rings is 2. The van der Waals surface area contributed by atoms with Gasteiger partial charge >= 0.3 is 5.97 Å². The number of hydrogen-bond acceptors (Lipinski definition) is 7. The van der Waals surface area contributed by atoms with Gasteiger partial charge in [0.15, 0.2) is 5.17 Å². The molecule has 1 heterocycles. The number of nitrogens with zero attached hydrogens (tertiary/aromatic N) is 2. The monoisotopic (exact) mass is 511 g/mol. The summed E-state index contributed by atoms with van der Waals surface area (Å²) in [4.78, 5) is 44.2. The third kappa shape index (κ3) is 7.58. The Hall–Kier alpha value is -3.33. The van der Waals surface area contributed by atoms with Crippen molar-refractivity contribution in [3.05, 3.63) is 54.1 Å². The molecule has 9 heteroatoms. The van der Waals surface area contributed by atoms with Gasteiger partial charge in [-0.15, -0.1) is 0 Å². The minimum atomic E-state index is -0.619. The fourth-order valence-corrected chi connectivity index (χ4v) is 4.86. The minimum Gasteiger partial charge on any atom is -0.497 e. The number of carbonyl (C=O) groups excluding carboxylic acids is 3. The van der Waals surface area contributed by atoms with Crippen LogP contribution in [0.5, 0.6) is 5.75 Å². The largest absolute Gasteiger partial charge is 0.497 e. The molecule has 36 heavy (non-hydrogen) atoms. The smallest absolute Gasteiger partial charge is 0.337 e. The highest BCUT2D eigenvalue weighted by atomic mass is 32.2. The molecular formula is C27H33N3O5S. The van der Waals surface area contributed by atoms with E-state index in [2.05, 4.69) is 12.2 Å². The van der Waals surface area contributed by atoms with Crippen LogP contribution in [0.4, 0.5) is 11.4 Å². The molecule has 0 aliphatic carbocycles. The molecule has 2 aromatic carbocycles. The first-order valence-corrected chi connectivity index (χ1v) is 13.0. The van der Waals surface area contributed by atoms with Gasteiger partial charge in [-0.1, -0.05) is 44.4 Å². The number of amidine groups is 1. The van der Waals surface area contributed by atoms with Crippen molar-refractivity contribution in [3.8, 4) is 5.75 Å². The van der Waals surface area contributed by atoms with Crippen LogP contribution in [-0.2, 0) is 14.3 Å². The standard InChI is InChI=1S/C27H33N3O5S/c1-4-5-6-7-8-17-30-24(31)18-23(36-27(30)29-21-13-15-22(34-2)16-14-21)25(32)28-20-11-9-19(10-12-20)26(33)35-3/h9-16,23H,4-8,17-18H2,1-3H3,(H,28,32). The van der Waals surface area contributed by atoms with Crippen LogP contribution in [0, 0.1) is 0 Å². The second-order valence-corrected chi connectivity index (χ2v) is 9.59. The van der Waals surface area contributed by atoms with Crippen LogP contribution in [0.2, 0.25) is 0 Å². The van der Waals surface area contributed by atoms with E-state index in [0.29, 0.717) is 28.7 Å². The first-order valence-electron chi connectivity index (χ1n) is 12.1. The summed E-state index contributed by atoms with van der Waals surface area (Å²) in [5, 5.41) is 2.74. The van der Waals surface area contributed by atoms with Gasteiger partial charge in [0.1, 0.15) is 11.0 Å². The second kappa shape index (κ2) is 13.7. The molecule has 2 amide bonds. The molecule has 1 N–H and O–H groups in total. The zero-order chi connectivity index (χ0) is 25.9. The van der Waals surface area contributed by atoms with E-state index in [1.807, 2.05) is 24.3 Å². The van der Waals surface area contributed by atoms with Crippen molar-refractivity contribution in [2.24, 2.45) is 4.99 Å². The molecule has 1 aliphatic heterocycles. The van der Waals surface area contributed by atoms with Gasteiger partial charge in [0.05, 0.1) is 25.5 Å². The van der Waals surface area contributed by atoms with E-state index in [1.165, 1.54) is 25.3 Å². The van der Waals surface area contributed by atoms with Crippen LogP contribution in [0.25, 0.3) is 0 Å². The van der Waals surface area contributed by atoms with Crippen molar-refractivity contribution in [2.75, 3.05) is 26.1 Å². The molecule has 0 bridgehead atoms. The number of anilines is 1. The van der Waals surface area contributed by atoms with Crippen LogP contribution in [0.3, 0.4) is 0 Å². The summed E-state index contributed by atoms with van der Waals surface area (Å²) in [6, 6.07) is 13.7. The number of unbranched alkanes of at least 4 members (excludes halogenated alkanes) is 4. The summed E-state index contributed by atoms with van der Waals surface area (Å²) < 4.78 is 9.92. The van der Waals surface area contributed by atoms with Gasteiger partial charge in [-0.2, -0.15) is 0 Å². The highest BCUT2D eigenvalue weighted by Crippen LogP contribution is 2.31. The zero-order valence-electron chi connectivity index (χ0n) is 21.0. The molecule has 1 unspecified atom stereocenters. The Morgan fingerprint density at radius 2 is 1.72 bits per heavy atom. The van der Waals surface area contributed by atoms with E-state index < -0.39 is 11.2 Å². The maximum atomic E-state index is 13.1. The third-order valence-corrected chi connectivity index (χ3v) is 6.98. The van der Waals surface area contributed by atoms with E-state index in [-0.39, 0.29) is 18.2 Å². The lowest BCUT2D eigenvalue weighted by molar-refractivity contribution is -0.129. The zero-order valence-corrected chi connectivity index (χ0v) is 21.8. The van der Waals surface area contributed by atoms with Gasteiger partial charge in [-0.05, 0) is 55.0 Å². The molecule has 1 aliphatic rings. The highest BCUT2D eigenvalue weighted by Gasteiger charge is 2.35. The first kappa shape index (κ1) is 27.3. The Morgan fingerprint density at radius 1 is 1.03 bits per heavy atom. The fourth-order valence-electron chi connectivity index (χ4n) is 3.73. The molecule has 0 aromatic heterocycles. The van der Waals surface area contributed by atoms with Gasteiger partial charge in [0.25, 0.3) is 0 Å². The average Bonchev–Trinajstić information content (AvgIpc) is 2.90. The number of thioether (sulfide) groups is 1. The normalized spacial score (nSPS) is 16.6. The van der Waals surface area contributed by atoms with Gasteiger partial charge in [-0.3, -0.25) is 14.5 Å². The second-order valence-electron chi connectivity index (χ2n) is 8.42. The molecule has 1 saturated heterocycles. The SMILES string of the molecule is CCCCCCCN1C(=O)CC(C(=O)Nc2ccc(C(=O)OC)cc2)SC1=Nc1ccc(OC)cc1. The van der Waals surface area contributed by atoms with Gasteiger partial charge in [0, 0.05) is 18.7 Å². The molecule has 3 rings (SSSR count). The lowest BCUT2D eigenvalue weighted by atomic mass is 10.1. The predicted molar refractivity (Wildman–Crippen MR) is 143 cm³/mol. The van der Waals surface area contributed by atoms with Gasteiger partial charge < -0.3 is 14.8 Å². The van der Waals surface area contributed by atoms with Crippen molar-refractivity contribution in [2.45, 2.75) is 50.7 Å². The number of amides is 2. The molecule has 1 fully saturated rings. The highest BCUT2D eigenvalue weighted by molar-refractivity contribution is 8.15. The maximum Gasteiger partial charge on any atom is 0.337 e. The lowest BCUT2D eigenvalue weighted by Gasteiger charge is -2.32. The molecule has 0 radical (unpaired) electrons. The summed E-state index contributed by atoms with van der Waals surface area (Å²) in [6.07, 6.45) is 5.49. The molecule has 192 valence electrons. The Kier molecular flexibility index (Phi) is 10.4. The van der Waals surface area contributed by atoms with Crippen molar-refractivity contribution < 1.29 is 23.9 Å². The van der Waals surface area contributed by atoms with Crippen LogP contribution in [-0.4, -0.2) is 53.9 Å². The van der Waals surface area contributed by atoms with Crippen LogP contribution >= 0.6 is 11.8 Å². The summed E-state index contributed by atoms with van der Waals surface area (Å²) in [5.74, 6) is -0.132. The summed E-state index contributed by atoms with van der Waals surface area (Å²) in [7, 11) is 2.91. The van der Waals surface area contributed by atoms with Crippen molar-refractivity contribution >= 4 is 46.1 Å². The Balaban J connectivity index is 1.74. The number of methoxy groups -OCH3 is 2. The number of rotatable bonds is 11. The quantitative estimate of drug-likeness (QED) is 0.320. The number of esters is 1. The fraction of sp³-hybridized carbons (Fsp3) is 0.407. The Bertz CT molecular complexity index is 1070. The Morgan fingerprint density at radius 3 is 2.36 bits per heavy atom. The van der Waals surface area contributed by atoms with Crippen molar-refractivity contribution in [3.63, 3.8) is 0 Å². The van der Waals surface area contributed by atoms with Gasteiger partial charge in [-0.25, -0.2) is 9.79 Å². The van der Waals surface area contributed by atoms with E-state index in [1.54, 1.807) is 36.3 Å². The van der Waals surface area contributed by atoms with Crippen LogP contribution < -0.4 is 10.1 Å². The van der Waals surface area contributed by atoms with Crippen molar-refractivity contribution in [1.29, 1.82) is 0 Å². The third-order valence-electron chi connectivity index (χ3n) is 5.79. The van der Waals surface area contributed by atoms with Crippen LogP contribution in [0.15, 0.2) is 53.5 Å². The first-order chi connectivity index (χ1) is 17.4. The topological polar surface area (TPSA) is 97.3 Å². The van der Waals surface area contributed by atoms with E-state index in [4.69, 9.17) is 14.5 Å². The minimum absolute atomic E-state index is 0.0906. The average molecular weight is 512 g/mol. The molecule has 1 atom stereocenters. The predicted octanol–water partition coefficient (Wildman–Crippen LogP) is 5.41. The number of nitrogens with one attached hydrogen (secondary N) is 1. The van der Waals surface area contributed by atoms with E-state index >= 15 is 0 Å². The number of carbonyl (C=O) groups is 3. The molecule has 0 spiro atoms. The molecular weight excluding hydrogens is 478 g/mol. The summed E-state index contributed by atoms with van der Waals surface area (Å²) >= 11 is 1.29. The molecule has 0 saturated carbocycles. The number of aliphatic imine (C=N–C) groups is 1. The van der Waals surface area contributed by atoms with Gasteiger partial charge in [0.2, 0.25) is 11.8 Å². The Labute approximate surface area is 216 Å². The van der Waals surface area contributed by atoms with Crippen molar-refractivity contribution in [1.82, 2.24) is 4.90 Å².